The van der Waals surface area contributed by atoms with Crippen LogP contribution in [0.15, 0.2) is 24.3 Å². The van der Waals surface area contributed by atoms with E-state index in [4.69, 9.17) is 5.73 Å². The number of piperidine rings is 1. The minimum Gasteiger partial charge on any atom is -0.406 e. The predicted molar refractivity (Wildman–Crippen MR) is 65.6 cm³/mol. The summed E-state index contributed by atoms with van der Waals surface area (Å²) in [5.41, 5.74) is 6.68. The van der Waals surface area contributed by atoms with E-state index in [2.05, 4.69) is 9.64 Å². The van der Waals surface area contributed by atoms with Gasteiger partial charge in [-0.3, -0.25) is 4.90 Å². The van der Waals surface area contributed by atoms with Gasteiger partial charge in [0.2, 0.25) is 0 Å². The highest BCUT2D eigenvalue weighted by molar-refractivity contribution is 5.28. The smallest absolute Gasteiger partial charge is 0.406 e. The Bertz CT molecular complexity index is 423. The van der Waals surface area contributed by atoms with Crippen molar-refractivity contribution in [2.75, 3.05) is 13.1 Å². The summed E-state index contributed by atoms with van der Waals surface area (Å²) in [4.78, 5) is 2.15. The summed E-state index contributed by atoms with van der Waals surface area (Å²) >= 11 is 0. The Morgan fingerprint density at radius 2 is 2.16 bits per heavy atom. The van der Waals surface area contributed by atoms with Gasteiger partial charge >= 0.3 is 6.36 Å². The minimum absolute atomic E-state index is 0.156. The fourth-order valence-electron chi connectivity index (χ4n) is 2.33. The molecule has 106 valence electrons. The van der Waals surface area contributed by atoms with E-state index < -0.39 is 6.36 Å². The second kappa shape index (κ2) is 5.79. The molecule has 0 amide bonds. The van der Waals surface area contributed by atoms with E-state index in [9.17, 15) is 13.2 Å². The lowest BCUT2D eigenvalue weighted by Gasteiger charge is -2.30. The van der Waals surface area contributed by atoms with Crippen molar-refractivity contribution in [1.82, 2.24) is 4.90 Å². The van der Waals surface area contributed by atoms with Crippen molar-refractivity contribution < 1.29 is 17.9 Å². The lowest BCUT2D eigenvalue weighted by atomic mass is 10.1. The van der Waals surface area contributed by atoms with Crippen LogP contribution in [0.4, 0.5) is 13.2 Å². The molecule has 3 nitrogen and oxygen atoms in total. The SMILES string of the molecule is NC1CCCN(Cc2cccc(OC(F)(F)F)c2)C1. The van der Waals surface area contributed by atoms with Crippen LogP contribution in [-0.2, 0) is 6.54 Å². The maximum atomic E-state index is 12.1. The summed E-state index contributed by atoms with van der Waals surface area (Å²) in [5, 5.41) is 0. The van der Waals surface area contributed by atoms with E-state index in [1.54, 1.807) is 12.1 Å². The molecule has 19 heavy (non-hydrogen) atoms. The number of rotatable bonds is 3. The molecule has 1 aliphatic heterocycles. The molecule has 1 aromatic rings. The van der Waals surface area contributed by atoms with Crippen molar-refractivity contribution >= 4 is 0 Å². The Kier molecular flexibility index (Phi) is 4.31. The highest BCUT2D eigenvalue weighted by Crippen LogP contribution is 2.24. The number of alkyl halides is 3. The zero-order valence-electron chi connectivity index (χ0n) is 10.5. The number of ether oxygens (including phenoxy) is 1. The normalized spacial score (nSPS) is 21.4. The van der Waals surface area contributed by atoms with Crippen LogP contribution in [0.1, 0.15) is 18.4 Å². The van der Waals surface area contributed by atoms with E-state index in [0.29, 0.717) is 6.54 Å². The lowest BCUT2D eigenvalue weighted by molar-refractivity contribution is -0.274. The molecule has 0 bridgehead atoms. The van der Waals surface area contributed by atoms with Crippen LogP contribution in [0.25, 0.3) is 0 Å². The molecule has 0 aliphatic carbocycles. The van der Waals surface area contributed by atoms with Crippen LogP contribution >= 0.6 is 0 Å². The number of nitrogens with two attached hydrogens (primary N) is 1. The number of benzene rings is 1. The van der Waals surface area contributed by atoms with Gasteiger partial charge in [0.05, 0.1) is 0 Å². The highest BCUT2D eigenvalue weighted by Gasteiger charge is 2.31. The fraction of sp³-hybridized carbons (Fsp3) is 0.538. The molecule has 0 spiro atoms. The molecular formula is C13H17F3N2O. The Hall–Kier alpha value is -1.27. The van der Waals surface area contributed by atoms with Crippen LogP contribution in [0.5, 0.6) is 5.75 Å². The van der Waals surface area contributed by atoms with Gasteiger partial charge in [0.1, 0.15) is 5.75 Å². The summed E-state index contributed by atoms with van der Waals surface area (Å²) in [5.74, 6) is -0.175. The molecule has 6 heteroatoms. The van der Waals surface area contributed by atoms with Crippen LogP contribution in [-0.4, -0.2) is 30.4 Å². The first-order chi connectivity index (χ1) is 8.92. The third kappa shape index (κ3) is 4.72. The summed E-state index contributed by atoms with van der Waals surface area (Å²) in [6, 6.07) is 6.25. The number of likely N-dealkylation sites (tertiary alicyclic amines) is 1. The average Bonchev–Trinajstić information content (AvgIpc) is 2.27. The Morgan fingerprint density at radius 3 is 2.84 bits per heavy atom. The third-order valence-electron chi connectivity index (χ3n) is 3.08. The van der Waals surface area contributed by atoms with Gasteiger partial charge in [-0.25, -0.2) is 0 Å². The molecule has 1 atom stereocenters. The number of halogens is 3. The quantitative estimate of drug-likeness (QED) is 0.920. The van der Waals surface area contributed by atoms with E-state index >= 15 is 0 Å². The van der Waals surface area contributed by atoms with E-state index in [1.165, 1.54) is 12.1 Å². The predicted octanol–water partition coefficient (Wildman–Crippen LogP) is 2.51. The Morgan fingerprint density at radius 1 is 1.37 bits per heavy atom. The summed E-state index contributed by atoms with van der Waals surface area (Å²) in [6.07, 6.45) is -2.61. The van der Waals surface area contributed by atoms with Crippen molar-refractivity contribution in [3.05, 3.63) is 29.8 Å². The van der Waals surface area contributed by atoms with Gasteiger partial charge in [-0.15, -0.1) is 13.2 Å². The molecule has 1 fully saturated rings. The largest absolute Gasteiger partial charge is 0.573 e. The second-order valence-corrected chi connectivity index (χ2v) is 4.83. The standard InChI is InChI=1S/C13H17F3N2O/c14-13(15,16)19-12-5-1-3-10(7-12)8-18-6-2-4-11(17)9-18/h1,3,5,7,11H,2,4,6,8-9,17H2. The Balaban J connectivity index is 1.98. The molecule has 0 aromatic heterocycles. The monoisotopic (exact) mass is 274 g/mol. The Labute approximate surface area is 110 Å². The first-order valence-corrected chi connectivity index (χ1v) is 6.25. The average molecular weight is 274 g/mol. The van der Waals surface area contributed by atoms with Gasteiger partial charge in [-0.2, -0.15) is 0 Å². The molecule has 0 saturated carbocycles. The third-order valence-corrected chi connectivity index (χ3v) is 3.08. The zero-order valence-corrected chi connectivity index (χ0v) is 10.5. The first-order valence-electron chi connectivity index (χ1n) is 6.25. The first kappa shape index (κ1) is 14.1. The van der Waals surface area contributed by atoms with Crippen LogP contribution < -0.4 is 10.5 Å². The molecule has 2 N–H and O–H groups in total. The van der Waals surface area contributed by atoms with Gasteiger partial charge < -0.3 is 10.5 Å². The van der Waals surface area contributed by atoms with E-state index in [0.717, 1.165) is 31.5 Å². The molecular weight excluding hydrogens is 257 g/mol. The molecule has 1 aliphatic rings. The summed E-state index contributed by atoms with van der Waals surface area (Å²) < 4.78 is 40.3. The van der Waals surface area contributed by atoms with E-state index in [1.807, 2.05) is 0 Å². The number of nitrogens with zero attached hydrogens (tertiary/aromatic N) is 1. The van der Waals surface area contributed by atoms with E-state index in [-0.39, 0.29) is 11.8 Å². The van der Waals surface area contributed by atoms with Crippen molar-refractivity contribution in [3.63, 3.8) is 0 Å². The second-order valence-electron chi connectivity index (χ2n) is 4.83. The zero-order chi connectivity index (χ0) is 13.9. The van der Waals surface area contributed by atoms with Gasteiger partial charge in [0.25, 0.3) is 0 Å². The van der Waals surface area contributed by atoms with Gasteiger partial charge in [0, 0.05) is 19.1 Å². The lowest BCUT2D eigenvalue weighted by Crippen LogP contribution is -2.42. The summed E-state index contributed by atoms with van der Waals surface area (Å²) in [6.45, 7) is 2.31. The van der Waals surface area contributed by atoms with Crippen LogP contribution in [0, 0.1) is 0 Å². The van der Waals surface area contributed by atoms with Crippen molar-refractivity contribution in [1.29, 1.82) is 0 Å². The van der Waals surface area contributed by atoms with Gasteiger partial charge in [0.15, 0.2) is 0 Å². The minimum atomic E-state index is -4.65. The molecule has 1 aromatic carbocycles. The molecule has 1 unspecified atom stereocenters. The molecule has 2 rings (SSSR count). The maximum Gasteiger partial charge on any atom is 0.573 e. The van der Waals surface area contributed by atoms with Crippen molar-refractivity contribution in [2.45, 2.75) is 31.8 Å². The molecule has 0 radical (unpaired) electrons. The summed E-state index contributed by atoms with van der Waals surface area (Å²) in [7, 11) is 0. The van der Waals surface area contributed by atoms with Crippen molar-refractivity contribution in [2.24, 2.45) is 5.73 Å². The molecule has 1 saturated heterocycles. The fourth-order valence-corrected chi connectivity index (χ4v) is 2.33. The number of hydrogen-bond donors (Lipinski definition) is 1. The van der Waals surface area contributed by atoms with Crippen LogP contribution in [0.3, 0.4) is 0 Å². The molecule has 1 heterocycles. The maximum absolute atomic E-state index is 12.1. The van der Waals surface area contributed by atoms with Crippen LogP contribution in [0.2, 0.25) is 0 Å². The highest BCUT2D eigenvalue weighted by atomic mass is 19.4. The number of hydrogen-bond acceptors (Lipinski definition) is 3. The van der Waals surface area contributed by atoms with Crippen molar-refractivity contribution in [3.8, 4) is 5.75 Å². The topological polar surface area (TPSA) is 38.5 Å². The van der Waals surface area contributed by atoms with Gasteiger partial charge in [-0.1, -0.05) is 12.1 Å². The van der Waals surface area contributed by atoms with Gasteiger partial charge in [-0.05, 0) is 37.1 Å².